The molecule has 5 heteroatoms. The molecule has 0 aromatic heterocycles. The number of carbonyl (C=O) groups is 2. The predicted molar refractivity (Wildman–Crippen MR) is 99.6 cm³/mol. The SMILES string of the molecule is CC1C[C@@H]2[C@@H](C(O)C[C@@]3(C)[C@H]2CC[C@@]3(O)C(=O)CO)[C@@]2(C)C=CC(=O)C=C12. The van der Waals surface area contributed by atoms with E-state index in [0.29, 0.717) is 12.8 Å². The minimum absolute atomic E-state index is 0.00620. The van der Waals surface area contributed by atoms with E-state index in [1.165, 1.54) is 0 Å². The van der Waals surface area contributed by atoms with Gasteiger partial charge in [-0.05, 0) is 55.6 Å². The van der Waals surface area contributed by atoms with E-state index in [9.17, 15) is 24.9 Å². The Morgan fingerprint density at radius 2 is 2.04 bits per heavy atom. The highest BCUT2D eigenvalue weighted by Crippen LogP contribution is 2.67. The Hall–Kier alpha value is -1.30. The number of fused-ring (bicyclic) bond motifs is 5. The molecule has 4 aliphatic rings. The third-order valence-corrected chi connectivity index (χ3v) is 8.57. The molecule has 0 amide bonds. The lowest BCUT2D eigenvalue weighted by Gasteiger charge is -2.60. The summed E-state index contributed by atoms with van der Waals surface area (Å²) in [6, 6.07) is 0. The van der Waals surface area contributed by atoms with Crippen molar-refractivity contribution in [2.24, 2.45) is 34.5 Å². The fraction of sp³-hybridized carbons (Fsp3) is 0.727. The van der Waals surface area contributed by atoms with E-state index in [1.807, 2.05) is 13.0 Å². The molecule has 2 unspecified atom stereocenters. The van der Waals surface area contributed by atoms with Crippen molar-refractivity contribution in [1.29, 1.82) is 0 Å². The van der Waals surface area contributed by atoms with Crippen LogP contribution in [0.15, 0.2) is 23.8 Å². The van der Waals surface area contributed by atoms with Gasteiger partial charge in [-0.25, -0.2) is 0 Å². The van der Waals surface area contributed by atoms with E-state index in [4.69, 9.17) is 0 Å². The quantitative estimate of drug-likeness (QED) is 0.685. The standard InChI is InChI=1S/C22H30O5/c1-12-8-14-15-5-7-22(27,18(26)11-23)21(15,3)10-17(25)19(14)20(2)6-4-13(24)9-16(12)20/h4,6,9,12,14-15,17,19,23,25,27H,5,7-8,10-11H2,1-3H3/t12?,14-,15-,17?,19-,20-,21-,22+/m0/s1. The summed E-state index contributed by atoms with van der Waals surface area (Å²) >= 11 is 0. The molecule has 0 saturated heterocycles. The largest absolute Gasteiger partial charge is 0.393 e. The van der Waals surface area contributed by atoms with Gasteiger partial charge in [0.25, 0.3) is 0 Å². The molecule has 3 N–H and O–H groups in total. The number of Topliss-reactive ketones (excluding diaryl/α,β-unsaturated/α-hetero) is 1. The molecule has 0 aromatic carbocycles. The molecular formula is C22H30O5. The summed E-state index contributed by atoms with van der Waals surface area (Å²) in [5.41, 5.74) is -1.59. The molecule has 0 bridgehead atoms. The Balaban J connectivity index is 1.78. The number of rotatable bonds is 2. The van der Waals surface area contributed by atoms with Crippen molar-refractivity contribution in [3.05, 3.63) is 23.8 Å². The van der Waals surface area contributed by atoms with Gasteiger partial charge in [-0.15, -0.1) is 0 Å². The minimum atomic E-state index is -1.57. The second-order valence-electron chi connectivity index (χ2n) is 9.72. The molecule has 4 rings (SSSR count). The first-order chi connectivity index (χ1) is 12.6. The van der Waals surface area contributed by atoms with Crippen molar-refractivity contribution in [3.8, 4) is 0 Å². The van der Waals surface area contributed by atoms with Gasteiger partial charge in [-0.2, -0.15) is 0 Å². The van der Waals surface area contributed by atoms with Crippen molar-refractivity contribution < 1.29 is 24.9 Å². The fourth-order valence-corrected chi connectivity index (χ4v) is 7.34. The summed E-state index contributed by atoms with van der Waals surface area (Å²) in [6.45, 7) is 5.48. The van der Waals surface area contributed by atoms with Crippen LogP contribution in [0.2, 0.25) is 0 Å². The van der Waals surface area contributed by atoms with E-state index in [1.54, 1.807) is 12.2 Å². The van der Waals surface area contributed by atoms with Crippen LogP contribution in [0, 0.1) is 34.5 Å². The molecule has 148 valence electrons. The van der Waals surface area contributed by atoms with Crippen LogP contribution in [-0.4, -0.2) is 45.2 Å². The molecule has 3 saturated carbocycles. The predicted octanol–water partition coefficient (Wildman–Crippen LogP) is 1.80. The van der Waals surface area contributed by atoms with Crippen LogP contribution >= 0.6 is 0 Å². The van der Waals surface area contributed by atoms with Crippen molar-refractivity contribution in [2.45, 2.75) is 58.2 Å². The third kappa shape index (κ3) is 2.28. The normalized spacial score (nSPS) is 51.3. The molecule has 5 nitrogen and oxygen atoms in total. The van der Waals surface area contributed by atoms with Crippen LogP contribution in [0.25, 0.3) is 0 Å². The zero-order valence-corrected chi connectivity index (χ0v) is 16.3. The van der Waals surface area contributed by atoms with Crippen LogP contribution < -0.4 is 0 Å². The van der Waals surface area contributed by atoms with E-state index < -0.39 is 29.5 Å². The highest BCUT2D eigenvalue weighted by molar-refractivity contribution is 6.01. The van der Waals surface area contributed by atoms with Gasteiger partial charge in [-0.1, -0.05) is 32.4 Å². The highest BCUT2D eigenvalue weighted by atomic mass is 16.3. The van der Waals surface area contributed by atoms with Crippen LogP contribution in [0.1, 0.15) is 46.5 Å². The van der Waals surface area contributed by atoms with Crippen LogP contribution in [0.3, 0.4) is 0 Å². The van der Waals surface area contributed by atoms with Crippen LogP contribution in [0.4, 0.5) is 0 Å². The molecule has 0 aromatic rings. The average Bonchev–Trinajstić information content (AvgIpc) is 2.87. The van der Waals surface area contributed by atoms with Gasteiger partial charge in [-0.3, -0.25) is 9.59 Å². The van der Waals surface area contributed by atoms with Gasteiger partial charge in [0.1, 0.15) is 12.2 Å². The Bertz CT molecular complexity index is 754. The molecular weight excluding hydrogens is 344 g/mol. The first-order valence-corrected chi connectivity index (χ1v) is 10.1. The number of aliphatic hydroxyl groups is 3. The number of hydrogen-bond donors (Lipinski definition) is 3. The maximum Gasteiger partial charge on any atom is 0.190 e. The molecule has 4 aliphatic carbocycles. The lowest BCUT2D eigenvalue weighted by atomic mass is 9.45. The summed E-state index contributed by atoms with van der Waals surface area (Å²) in [5.74, 6) is -0.0768. The molecule has 0 radical (unpaired) electrons. The Labute approximate surface area is 160 Å². The number of carbonyl (C=O) groups excluding carboxylic acids is 2. The van der Waals surface area contributed by atoms with Gasteiger partial charge in [0.2, 0.25) is 0 Å². The van der Waals surface area contributed by atoms with Crippen molar-refractivity contribution in [2.75, 3.05) is 6.61 Å². The Kier molecular flexibility index (Phi) is 4.12. The first kappa shape index (κ1) is 19.0. The minimum Gasteiger partial charge on any atom is -0.393 e. The van der Waals surface area contributed by atoms with Crippen molar-refractivity contribution >= 4 is 11.6 Å². The molecule has 0 spiro atoms. The summed E-state index contributed by atoms with van der Waals surface area (Å²) in [4.78, 5) is 24.4. The second kappa shape index (κ2) is 5.85. The zero-order valence-electron chi connectivity index (χ0n) is 16.3. The monoisotopic (exact) mass is 374 g/mol. The molecule has 0 aliphatic heterocycles. The topological polar surface area (TPSA) is 94.8 Å². The summed E-state index contributed by atoms with van der Waals surface area (Å²) in [7, 11) is 0. The lowest BCUT2D eigenvalue weighted by molar-refractivity contribution is -0.180. The Morgan fingerprint density at radius 3 is 2.70 bits per heavy atom. The van der Waals surface area contributed by atoms with Crippen molar-refractivity contribution in [1.82, 2.24) is 0 Å². The summed E-state index contributed by atoms with van der Waals surface area (Å²) in [5, 5.41) is 31.9. The molecule has 27 heavy (non-hydrogen) atoms. The van der Waals surface area contributed by atoms with Gasteiger partial charge in [0.15, 0.2) is 11.6 Å². The summed E-state index contributed by atoms with van der Waals surface area (Å²) in [6.07, 6.45) is 6.87. The number of ketones is 2. The molecule has 3 fully saturated rings. The van der Waals surface area contributed by atoms with E-state index in [2.05, 4.69) is 13.8 Å². The number of hydrogen-bond acceptors (Lipinski definition) is 5. The van der Waals surface area contributed by atoms with Crippen LogP contribution in [-0.2, 0) is 9.59 Å². The van der Waals surface area contributed by atoms with E-state index in [0.717, 1.165) is 18.4 Å². The zero-order chi connectivity index (χ0) is 19.8. The smallest absolute Gasteiger partial charge is 0.190 e. The Morgan fingerprint density at radius 1 is 1.33 bits per heavy atom. The van der Waals surface area contributed by atoms with E-state index in [-0.39, 0.29) is 34.9 Å². The number of aliphatic hydroxyl groups excluding tert-OH is 2. The fourth-order valence-electron chi connectivity index (χ4n) is 7.34. The first-order valence-electron chi connectivity index (χ1n) is 10.1. The van der Waals surface area contributed by atoms with Crippen LogP contribution in [0.5, 0.6) is 0 Å². The van der Waals surface area contributed by atoms with Gasteiger partial charge >= 0.3 is 0 Å². The third-order valence-electron chi connectivity index (χ3n) is 8.57. The lowest BCUT2D eigenvalue weighted by Crippen LogP contribution is -2.62. The second-order valence-corrected chi connectivity index (χ2v) is 9.72. The van der Waals surface area contributed by atoms with Gasteiger partial charge < -0.3 is 15.3 Å². The maximum atomic E-state index is 12.4. The molecule has 8 atom stereocenters. The number of allylic oxidation sites excluding steroid dienone is 4. The van der Waals surface area contributed by atoms with Crippen molar-refractivity contribution in [3.63, 3.8) is 0 Å². The maximum absolute atomic E-state index is 12.4. The highest BCUT2D eigenvalue weighted by Gasteiger charge is 2.68. The molecule has 0 heterocycles. The van der Waals surface area contributed by atoms with Gasteiger partial charge in [0.05, 0.1) is 6.10 Å². The summed E-state index contributed by atoms with van der Waals surface area (Å²) < 4.78 is 0. The average molecular weight is 374 g/mol. The van der Waals surface area contributed by atoms with Gasteiger partial charge in [0, 0.05) is 16.7 Å². The van der Waals surface area contributed by atoms with E-state index >= 15 is 0 Å².